The maximum atomic E-state index is 11.9. The van der Waals surface area contributed by atoms with E-state index in [0.29, 0.717) is 25.7 Å². The number of carboxylic acid groups (broad SMARTS) is 1. The molecule has 0 heterocycles. The van der Waals surface area contributed by atoms with Crippen LogP contribution in [-0.2, 0) is 20.8 Å². The van der Waals surface area contributed by atoms with Crippen molar-refractivity contribution in [2.24, 2.45) is 5.73 Å². The fraction of sp³-hybridized carbons (Fsp3) is 0.654. The Morgan fingerprint density at radius 1 is 0.970 bits per heavy atom. The molecule has 0 saturated carbocycles. The number of hydrogen-bond acceptors (Lipinski definition) is 5. The number of carboxylic acids is 1. The second kappa shape index (κ2) is 17.6. The number of nitrogens with two attached hydrogens (primary N) is 1. The molecule has 186 valence electrons. The third-order valence-corrected chi connectivity index (χ3v) is 6.33. The minimum atomic E-state index is -0.839. The quantitative estimate of drug-likeness (QED) is 0.171. The van der Waals surface area contributed by atoms with E-state index in [1.165, 1.54) is 50.5 Å². The molecule has 0 spiro atoms. The molecule has 6 nitrogen and oxygen atoms in total. The molecule has 0 aliphatic heterocycles. The van der Waals surface area contributed by atoms with Crippen molar-refractivity contribution in [3.05, 3.63) is 35.4 Å². The van der Waals surface area contributed by atoms with E-state index in [1.807, 2.05) is 24.3 Å². The molecule has 0 radical (unpaired) electrons. The molecule has 0 saturated heterocycles. The third-order valence-electron chi connectivity index (χ3n) is 5.94. The zero-order chi connectivity index (χ0) is 24.5. The average molecular weight is 479 g/mol. The maximum Gasteiger partial charge on any atom is 0.310 e. The zero-order valence-corrected chi connectivity index (χ0v) is 21.0. The Morgan fingerprint density at radius 2 is 1.61 bits per heavy atom. The van der Waals surface area contributed by atoms with Gasteiger partial charge in [0, 0.05) is 12.2 Å². The number of Topliss-reactive ketones (excluding diaryl/α,β-unsaturated/α-hetero) is 1. The summed E-state index contributed by atoms with van der Waals surface area (Å²) in [5, 5.41) is 12.2. The monoisotopic (exact) mass is 478 g/mol. The Hall–Kier alpha value is -1.86. The van der Waals surface area contributed by atoms with Crippen molar-refractivity contribution in [1.82, 2.24) is 5.32 Å². The molecule has 0 aliphatic rings. The first-order valence-electron chi connectivity index (χ1n) is 12.4. The van der Waals surface area contributed by atoms with Crippen LogP contribution in [0, 0.1) is 0 Å². The minimum Gasteiger partial charge on any atom is -0.481 e. The molecule has 0 fully saturated rings. The van der Waals surface area contributed by atoms with Crippen LogP contribution in [0.2, 0.25) is 0 Å². The van der Waals surface area contributed by atoms with Crippen LogP contribution < -0.4 is 11.1 Å². The molecule has 1 aromatic rings. The number of carbonyl (C=O) groups excluding carboxylic acids is 2. The van der Waals surface area contributed by atoms with Gasteiger partial charge in [-0.3, -0.25) is 14.4 Å². The summed E-state index contributed by atoms with van der Waals surface area (Å²) in [7, 11) is 0. The number of rotatable bonds is 19. The Kier molecular flexibility index (Phi) is 15.6. The van der Waals surface area contributed by atoms with E-state index in [1.54, 1.807) is 0 Å². The molecule has 1 amide bonds. The second-order valence-corrected chi connectivity index (χ2v) is 9.16. The molecule has 4 N–H and O–H groups in total. The molecule has 1 aromatic carbocycles. The van der Waals surface area contributed by atoms with Crippen LogP contribution in [0.1, 0.15) is 94.6 Å². The Balaban J connectivity index is 2.34. The van der Waals surface area contributed by atoms with Crippen LogP contribution in [0.4, 0.5) is 0 Å². The number of nitrogens with one attached hydrogen (secondary N) is 1. The summed E-state index contributed by atoms with van der Waals surface area (Å²) in [6.45, 7) is 2.18. The van der Waals surface area contributed by atoms with Gasteiger partial charge in [-0.25, -0.2) is 0 Å². The molecule has 7 heteroatoms. The number of amides is 1. The van der Waals surface area contributed by atoms with Crippen LogP contribution in [-0.4, -0.2) is 41.1 Å². The molecular formula is C26H42N2O4S. The summed E-state index contributed by atoms with van der Waals surface area (Å²) in [5.41, 5.74) is 7.61. The van der Waals surface area contributed by atoms with Crippen molar-refractivity contribution in [1.29, 1.82) is 0 Å². The smallest absolute Gasteiger partial charge is 0.310 e. The molecule has 0 aromatic heterocycles. The highest BCUT2D eigenvalue weighted by molar-refractivity contribution is 7.80. The van der Waals surface area contributed by atoms with Crippen LogP contribution in [0.5, 0.6) is 0 Å². The Morgan fingerprint density at radius 3 is 2.21 bits per heavy atom. The standard InChI is InChI=1S/C26H42N2O4S/c1-2-3-4-5-6-7-8-11-20-14-16-21(17-15-20)23(26(31)32)13-10-9-12-22(29)18-28-25(30)24(27)19-33/h14-17,23-24,33H,2-13,18-19,27H2,1H3,(H,28,30)(H,31,32)/t23-,24?/m1/s1. The minimum absolute atomic E-state index is 0.0527. The number of unbranched alkanes of at least 4 members (excludes halogenated alkanes) is 7. The summed E-state index contributed by atoms with van der Waals surface area (Å²) in [6.07, 6.45) is 12.0. The predicted octanol–water partition coefficient (Wildman–Crippen LogP) is 4.65. The van der Waals surface area contributed by atoms with E-state index in [-0.39, 0.29) is 24.0 Å². The molecule has 0 aliphatic carbocycles. The van der Waals surface area contributed by atoms with Gasteiger partial charge in [-0.15, -0.1) is 0 Å². The highest BCUT2D eigenvalue weighted by atomic mass is 32.1. The SMILES string of the molecule is CCCCCCCCCc1ccc([C@@H](CCCCC(=O)CNC(=O)C(N)CS)C(=O)O)cc1. The van der Waals surface area contributed by atoms with Gasteiger partial charge in [0.2, 0.25) is 5.91 Å². The van der Waals surface area contributed by atoms with E-state index in [0.717, 1.165) is 12.0 Å². The van der Waals surface area contributed by atoms with Crippen LogP contribution in [0.3, 0.4) is 0 Å². The van der Waals surface area contributed by atoms with Crippen molar-refractivity contribution in [2.75, 3.05) is 12.3 Å². The van der Waals surface area contributed by atoms with E-state index < -0.39 is 17.9 Å². The van der Waals surface area contributed by atoms with E-state index in [4.69, 9.17) is 5.73 Å². The number of aryl methyl sites for hydroxylation is 1. The van der Waals surface area contributed by atoms with Crippen LogP contribution >= 0.6 is 12.6 Å². The van der Waals surface area contributed by atoms with Crippen LogP contribution in [0.25, 0.3) is 0 Å². The van der Waals surface area contributed by atoms with Gasteiger partial charge in [0.15, 0.2) is 5.78 Å². The molecule has 2 atom stereocenters. The van der Waals surface area contributed by atoms with Gasteiger partial charge in [0.05, 0.1) is 18.5 Å². The van der Waals surface area contributed by atoms with Crippen molar-refractivity contribution >= 4 is 30.3 Å². The Bertz CT molecular complexity index is 709. The number of aliphatic carboxylic acids is 1. The van der Waals surface area contributed by atoms with Crippen molar-refractivity contribution in [2.45, 2.75) is 95.9 Å². The van der Waals surface area contributed by atoms with Gasteiger partial charge in [-0.05, 0) is 36.8 Å². The van der Waals surface area contributed by atoms with E-state index >= 15 is 0 Å². The van der Waals surface area contributed by atoms with E-state index in [2.05, 4.69) is 24.9 Å². The van der Waals surface area contributed by atoms with Gasteiger partial charge >= 0.3 is 5.97 Å². The largest absolute Gasteiger partial charge is 0.481 e. The topological polar surface area (TPSA) is 109 Å². The lowest BCUT2D eigenvalue weighted by molar-refractivity contribution is -0.139. The number of hydrogen-bond donors (Lipinski definition) is 4. The lowest BCUT2D eigenvalue weighted by Gasteiger charge is -2.13. The fourth-order valence-electron chi connectivity index (χ4n) is 3.79. The highest BCUT2D eigenvalue weighted by Crippen LogP contribution is 2.24. The lowest BCUT2D eigenvalue weighted by atomic mass is 9.92. The number of benzene rings is 1. The molecular weight excluding hydrogens is 436 g/mol. The summed E-state index contributed by atoms with van der Waals surface area (Å²) in [4.78, 5) is 35.3. The van der Waals surface area contributed by atoms with Crippen molar-refractivity contribution in [3.63, 3.8) is 0 Å². The molecule has 33 heavy (non-hydrogen) atoms. The molecule has 0 bridgehead atoms. The first-order chi connectivity index (χ1) is 15.9. The summed E-state index contributed by atoms with van der Waals surface area (Å²) in [6, 6.07) is 7.23. The summed E-state index contributed by atoms with van der Waals surface area (Å²) >= 11 is 3.95. The maximum absolute atomic E-state index is 11.9. The van der Waals surface area contributed by atoms with Gasteiger partial charge in [-0.1, -0.05) is 76.1 Å². The van der Waals surface area contributed by atoms with Crippen molar-refractivity contribution < 1.29 is 19.5 Å². The second-order valence-electron chi connectivity index (χ2n) is 8.80. The average Bonchev–Trinajstić information content (AvgIpc) is 2.81. The Labute approximate surface area is 204 Å². The van der Waals surface area contributed by atoms with Crippen molar-refractivity contribution in [3.8, 4) is 0 Å². The van der Waals surface area contributed by atoms with Gasteiger partial charge in [0.25, 0.3) is 0 Å². The zero-order valence-electron chi connectivity index (χ0n) is 20.1. The van der Waals surface area contributed by atoms with Gasteiger partial charge < -0.3 is 16.2 Å². The third kappa shape index (κ3) is 12.8. The number of ketones is 1. The van der Waals surface area contributed by atoms with Gasteiger partial charge in [0.1, 0.15) is 0 Å². The fourth-order valence-corrected chi connectivity index (χ4v) is 3.96. The highest BCUT2D eigenvalue weighted by Gasteiger charge is 2.19. The first-order valence-corrected chi connectivity index (χ1v) is 13.0. The molecule has 1 unspecified atom stereocenters. The number of thiol groups is 1. The van der Waals surface area contributed by atoms with Crippen LogP contribution in [0.15, 0.2) is 24.3 Å². The molecule has 1 rings (SSSR count). The normalized spacial score (nSPS) is 12.8. The number of carbonyl (C=O) groups is 3. The van der Waals surface area contributed by atoms with Gasteiger partial charge in [-0.2, -0.15) is 12.6 Å². The summed E-state index contributed by atoms with van der Waals surface area (Å²) in [5.74, 6) is -1.66. The first kappa shape index (κ1) is 29.2. The predicted molar refractivity (Wildman–Crippen MR) is 137 cm³/mol. The lowest BCUT2D eigenvalue weighted by Crippen LogP contribution is -2.43. The van der Waals surface area contributed by atoms with E-state index in [9.17, 15) is 19.5 Å². The summed E-state index contributed by atoms with van der Waals surface area (Å²) < 4.78 is 0.